The normalized spacial score (nSPS) is 11.9. The van der Waals surface area contributed by atoms with Crippen molar-refractivity contribution in [1.82, 2.24) is 25.2 Å². The van der Waals surface area contributed by atoms with Gasteiger partial charge in [-0.2, -0.15) is 4.68 Å². The van der Waals surface area contributed by atoms with Crippen molar-refractivity contribution in [2.75, 3.05) is 11.9 Å². The van der Waals surface area contributed by atoms with E-state index in [-0.39, 0.29) is 5.91 Å². The van der Waals surface area contributed by atoms with Crippen molar-refractivity contribution < 1.29 is 9.53 Å². The number of hydrogen-bond acceptors (Lipinski definition) is 8. The third-order valence-corrected chi connectivity index (χ3v) is 7.03. The number of nitrogens with one attached hydrogen (secondary N) is 1. The largest absolute Gasteiger partial charge is 0.494 e. The van der Waals surface area contributed by atoms with Gasteiger partial charge >= 0.3 is 0 Å². The van der Waals surface area contributed by atoms with E-state index < -0.39 is 5.25 Å². The molecule has 0 aliphatic heterocycles. The van der Waals surface area contributed by atoms with Crippen molar-refractivity contribution in [2.24, 2.45) is 0 Å². The summed E-state index contributed by atoms with van der Waals surface area (Å²) in [5.41, 5.74) is 2.46. The smallest absolute Gasteiger partial charge is 0.244 e. The number of tetrazole rings is 1. The van der Waals surface area contributed by atoms with Gasteiger partial charge in [0.1, 0.15) is 11.0 Å². The van der Waals surface area contributed by atoms with E-state index in [9.17, 15) is 4.79 Å². The lowest BCUT2D eigenvalue weighted by atomic mass is 10.1. The van der Waals surface area contributed by atoms with Gasteiger partial charge in [-0.1, -0.05) is 71.6 Å². The first-order chi connectivity index (χ1) is 16.7. The highest BCUT2D eigenvalue weighted by molar-refractivity contribution is 8.00. The van der Waals surface area contributed by atoms with Gasteiger partial charge < -0.3 is 10.1 Å². The molecule has 1 atom stereocenters. The number of aromatic nitrogens is 5. The van der Waals surface area contributed by atoms with E-state index in [1.54, 1.807) is 4.68 Å². The number of para-hydroxylation sites is 1. The molecule has 0 spiro atoms. The van der Waals surface area contributed by atoms with Gasteiger partial charge in [0, 0.05) is 0 Å². The molecule has 0 saturated heterocycles. The van der Waals surface area contributed by atoms with E-state index in [1.165, 1.54) is 23.1 Å². The maximum atomic E-state index is 13.5. The van der Waals surface area contributed by atoms with Crippen molar-refractivity contribution in [1.29, 1.82) is 0 Å². The maximum Gasteiger partial charge on any atom is 0.244 e. The zero-order chi connectivity index (χ0) is 23.3. The Labute approximate surface area is 204 Å². The van der Waals surface area contributed by atoms with Crippen LogP contribution >= 0.6 is 23.1 Å². The Kier molecular flexibility index (Phi) is 6.50. The topological polar surface area (TPSA) is 94.8 Å². The van der Waals surface area contributed by atoms with Gasteiger partial charge in [0.25, 0.3) is 0 Å². The highest BCUT2D eigenvalue weighted by Gasteiger charge is 2.26. The number of amides is 1. The Morgan fingerprint density at radius 2 is 1.85 bits per heavy atom. The zero-order valence-corrected chi connectivity index (χ0v) is 19.8. The Hall–Kier alpha value is -3.76. The van der Waals surface area contributed by atoms with Crippen LogP contribution in [0.2, 0.25) is 0 Å². The fraction of sp³-hybridized carbons (Fsp3) is 0.125. The molecule has 1 unspecified atom stereocenters. The Morgan fingerprint density at radius 1 is 1.09 bits per heavy atom. The molecule has 0 aliphatic carbocycles. The molecule has 5 aromatic rings. The number of thioether (sulfide) groups is 1. The molecule has 0 saturated carbocycles. The average Bonchev–Trinajstić information content (AvgIpc) is 3.50. The van der Waals surface area contributed by atoms with E-state index in [0.717, 1.165) is 27.2 Å². The summed E-state index contributed by atoms with van der Waals surface area (Å²) < 4.78 is 8.14. The molecule has 1 N–H and O–H groups in total. The molecule has 5 rings (SSSR count). The second kappa shape index (κ2) is 10.0. The lowest BCUT2D eigenvalue weighted by Crippen LogP contribution is -2.19. The SMILES string of the molecule is CCOc1ccc2nc(NC(=O)C(Sc3nnnn3-c3ccccc3)c3ccccc3)sc2c1. The summed E-state index contributed by atoms with van der Waals surface area (Å²) in [6, 6.07) is 24.8. The summed E-state index contributed by atoms with van der Waals surface area (Å²) in [5.74, 6) is 0.574. The first-order valence-corrected chi connectivity index (χ1v) is 12.3. The molecule has 1 amide bonds. The minimum absolute atomic E-state index is 0.206. The van der Waals surface area contributed by atoms with Crippen LogP contribution in [0.15, 0.2) is 84.0 Å². The quantitative estimate of drug-likeness (QED) is 0.302. The third-order valence-electron chi connectivity index (χ3n) is 4.91. The number of carbonyl (C=O) groups excluding carboxylic acids is 1. The third kappa shape index (κ3) is 4.78. The van der Waals surface area contributed by atoms with Crippen LogP contribution in [0.25, 0.3) is 15.9 Å². The fourth-order valence-electron chi connectivity index (χ4n) is 3.38. The number of carbonyl (C=O) groups is 1. The van der Waals surface area contributed by atoms with E-state index in [2.05, 4.69) is 25.8 Å². The van der Waals surface area contributed by atoms with E-state index in [4.69, 9.17) is 4.74 Å². The fourth-order valence-corrected chi connectivity index (χ4v) is 5.27. The number of fused-ring (bicyclic) bond motifs is 1. The van der Waals surface area contributed by atoms with E-state index in [1.807, 2.05) is 85.8 Å². The van der Waals surface area contributed by atoms with Crippen LogP contribution < -0.4 is 10.1 Å². The molecule has 2 aromatic heterocycles. The summed E-state index contributed by atoms with van der Waals surface area (Å²) >= 11 is 2.69. The Balaban J connectivity index is 1.43. The van der Waals surface area contributed by atoms with Gasteiger partial charge in [-0.25, -0.2) is 4.98 Å². The first-order valence-electron chi connectivity index (χ1n) is 10.6. The summed E-state index contributed by atoms with van der Waals surface area (Å²) in [4.78, 5) is 18.0. The summed E-state index contributed by atoms with van der Waals surface area (Å²) in [6.07, 6.45) is 0. The lowest BCUT2D eigenvalue weighted by molar-refractivity contribution is -0.115. The lowest BCUT2D eigenvalue weighted by Gasteiger charge is -2.15. The molecule has 0 fully saturated rings. The van der Waals surface area contributed by atoms with Crippen LogP contribution in [0.5, 0.6) is 5.75 Å². The van der Waals surface area contributed by atoms with Crippen LogP contribution in [0.3, 0.4) is 0 Å². The van der Waals surface area contributed by atoms with Crippen LogP contribution in [0, 0.1) is 0 Å². The Morgan fingerprint density at radius 3 is 2.62 bits per heavy atom. The molecule has 2 heterocycles. The molecule has 0 aliphatic rings. The summed E-state index contributed by atoms with van der Waals surface area (Å²) in [7, 11) is 0. The minimum Gasteiger partial charge on any atom is -0.494 e. The van der Waals surface area contributed by atoms with Gasteiger partial charge in [0.15, 0.2) is 5.13 Å². The predicted octanol–water partition coefficient (Wildman–Crippen LogP) is 5.14. The minimum atomic E-state index is -0.583. The van der Waals surface area contributed by atoms with Crippen molar-refractivity contribution in [3.8, 4) is 11.4 Å². The van der Waals surface area contributed by atoms with Crippen LogP contribution in [-0.2, 0) is 4.79 Å². The van der Waals surface area contributed by atoms with Gasteiger partial charge in [0.05, 0.1) is 22.5 Å². The van der Waals surface area contributed by atoms with E-state index in [0.29, 0.717) is 16.9 Å². The van der Waals surface area contributed by atoms with Crippen molar-refractivity contribution >= 4 is 44.4 Å². The monoisotopic (exact) mass is 488 g/mol. The van der Waals surface area contributed by atoms with Crippen molar-refractivity contribution in [3.63, 3.8) is 0 Å². The highest BCUT2D eigenvalue weighted by atomic mass is 32.2. The second-order valence-corrected chi connectivity index (χ2v) is 9.29. The number of thiazole rings is 1. The summed E-state index contributed by atoms with van der Waals surface area (Å²) in [5, 5.41) is 15.5. The van der Waals surface area contributed by atoms with Gasteiger partial charge in [-0.3, -0.25) is 4.79 Å². The molecular formula is C24H20N6O2S2. The number of rotatable bonds is 8. The van der Waals surface area contributed by atoms with Gasteiger partial charge in [-0.05, 0) is 53.2 Å². The molecule has 34 heavy (non-hydrogen) atoms. The number of ether oxygens (including phenoxy) is 1. The molecule has 0 bridgehead atoms. The van der Waals surface area contributed by atoms with Crippen molar-refractivity contribution in [3.05, 3.63) is 84.4 Å². The number of nitrogens with zero attached hydrogens (tertiary/aromatic N) is 5. The number of anilines is 1. The van der Waals surface area contributed by atoms with Gasteiger partial charge in [-0.15, -0.1) is 5.10 Å². The highest BCUT2D eigenvalue weighted by Crippen LogP contribution is 2.37. The molecule has 10 heteroatoms. The zero-order valence-electron chi connectivity index (χ0n) is 18.2. The van der Waals surface area contributed by atoms with Crippen LogP contribution in [-0.4, -0.2) is 37.7 Å². The number of hydrogen-bond donors (Lipinski definition) is 1. The standard InChI is InChI=1S/C24H20N6O2S2/c1-2-32-18-13-14-19-20(15-18)33-23(25-19)26-22(31)21(16-9-5-3-6-10-16)34-24-27-28-29-30(24)17-11-7-4-8-12-17/h3-15,21H,2H2,1H3,(H,25,26,31). The van der Waals surface area contributed by atoms with Crippen LogP contribution in [0.4, 0.5) is 5.13 Å². The maximum absolute atomic E-state index is 13.5. The summed E-state index contributed by atoms with van der Waals surface area (Å²) in [6.45, 7) is 2.53. The molecule has 8 nitrogen and oxygen atoms in total. The molecular weight excluding hydrogens is 468 g/mol. The van der Waals surface area contributed by atoms with E-state index >= 15 is 0 Å². The molecule has 170 valence electrons. The van der Waals surface area contributed by atoms with Gasteiger partial charge in [0.2, 0.25) is 11.1 Å². The second-order valence-electron chi connectivity index (χ2n) is 7.19. The molecule has 3 aromatic carbocycles. The number of benzene rings is 3. The van der Waals surface area contributed by atoms with Crippen molar-refractivity contribution in [2.45, 2.75) is 17.3 Å². The predicted molar refractivity (Wildman–Crippen MR) is 134 cm³/mol. The average molecular weight is 489 g/mol. The van der Waals surface area contributed by atoms with Crippen LogP contribution in [0.1, 0.15) is 17.7 Å². The Bertz CT molecular complexity index is 1410. The molecule has 0 radical (unpaired) electrons. The first kappa shape index (κ1) is 22.1.